The van der Waals surface area contributed by atoms with E-state index in [1.54, 1.807) is 31.2 Å². The van der Waals surface area contributed by atoms with Gasteiger partial charge in [0.25, 0.3) is 5.91 Å². The fourth-order valence-electron chi connectivity index (χ4n) is 1.96. The molecule has 8 heteroatoms. The van der Waals surface area contributed by atoms with Crippen LogP contribution in [0, 0.1) is 24.0 Å². The van der Waals surface area contributed by atoms with Crippen molar-refractivity contribution in [2.75, 3.05) is 5.32 Å². The number of nitrogens with one attached hydrogen (secondary N) is 1. The molecule has 7 nitrogen and oxygen atoms in total. The lowest BCUT2D eigenvalue weighted by molar-refractivity contribution is -0.390. The summed E-state index contributed by atoms with van der Waals surface area (Å²) in [5.74, 6) is -0.931. The first-order valence-corrected chi connectivity index (χ1v) is 7.51. The summed E-state index contributed by atoms with van der Waals surface area (Å²) in [5, 5.41) is 14.2. The van der Waals surface area contributed by atoms with Crippen LogP contribution in [0.4, 0.5) is 11.5 Å². The lowest BCUT2D eigenvalue weighted by atomic mass is 10.2. The average Bonchev–Trinajstić information content (AvgIpc) is 2.52. The standard InChI is InChI=1S/C16H16ClN3O4/c1-9-4-6-12(17)8-13(9)19-16(21)11(3)24-14-7-5-10(2)18-15(14)20(22)23/h4-8,11H,1-3H3,(H,19,21)/t11-/m0/s1. The van der Waals surface area contributed by atoms with Gasteiger partial charge in [0.15, 0.2) is 6.10 Å². The second-order valence-corrected chi connectivity index (χ2v) is 5.68. The van der Waals surface area contributed by atoms with Crippen LogP contribution in [0.3, 0.4) is 0 Å². The molecule has 0 radical (unpaired) electrons. The predicted octanol–water partition coefficient (Wildman–Crippen LogP) is 3.67. The molecule has 0 saturated heterocycles. The molecule has 1 atom stereocenters. The number of ether oxygens (including phenoxy) is 1. The van der Waals surface area contributed by atoms with Crippen molar-refractivity contribution in [3.8, 4) is 5.75 Å². The van der Waals surface area contributed by atoms with Crippen molar-refractivity contribution in [1.29, 1.82) is 0 Å². The van der Waals surface area contributed by atoms with Gasteiger partial charge in [-0.3, -0.25) is 4.79 Å². The number of anilines is 1. The van der Waals surface area contributed by atoms with Crippen molar-refractivity contribution >= 4 is 29.0 Å². The molecule has 24 heavy (non-hydrogen) atoms. The van der Waals surface area contributed by atoms with E-state index < -0.39 is 22.8 Å². The summed E-state index contributed by atoms with van der Waals surface area (Å²) >= 11 is 5.91. The fraction of sp³-hybridized carbons (Fsp3) is 0.250. The molecule has 0 aliphatic carbocycles. The molecule has 2 aromatic rings. The highest BCUT2D eigenvalue weighted by atomic mass is 35.5. The highest BCUT2D eigenvalue weighted by Crippen LogP contribution is 2.26. The number of carbonyl (C=O) groups excluding carboxylic acids is 1. The van der Waals surface area contributed by atoms with E-state index in [4.69, 9.17) is 16.3 Å². The van der Waals surface area contributed by atoms with Gasteiger partial charge < -0.3 is 20.2 Å². The summed E-state index contributed by atoms with van der Waals surface area (Å²) in [6.07, 6.45) is -0.952. The number of amides is 1. The molecule has 0 saturated carbocycles. The van der Waals surface area contributed by atoms with E-state index in [9.17, 15) is 14.9 Å². The topological polar surface area (TPSA) is 94.4 Å². The number of benzene rings is 1. The van der Waals surface area contributed by atoms with Crippen molar-refractivity contribution in [3.05, 3.63) is 56.7 Å². The van der Waals surface area contributed by atoms with E-state index in [2.05, 4.69) is 10.3 Å². The first kappa shape index (κ1) is 17.7. The molecule has 126 valence electrons. The minimum absolute atomic E-state index is 0.0592. The number of hydrogen-bond acceptors (Lipinski definition) is 5. The Morgan fingerprint density at radius 1 is 1.33 bits per heavy atom. The summed E-state index contributed by atoms with van der Waals surface area (Å²) < 4.78 is 5.42. The largest absolute Gasteiger partial charge is 0.473 e. The van der Waals surface area contributed by atoms with E-state index in [0.29, 0.717) is 16.4 Å². The second kappa shape index (κ2) is 7.27. The van der Waals surface area contributed by atoms with Crippen molar-refractivity contribution in [2.24, 2.45) is 0 Å². The summed E-state index contributed by atoms with van der Waals surface area (Å²) in [4.78, 5) is 26.5. The van der Waals surface area contributed by atoms with E-state index in [1.165, 1.54) is 13.0 Å². The fourth-order valence-corrected chi connectivity index (χ4v) is 2.13. The zero-order chi connectivity index (χ0) is 17.9. The van der Waals surface area contributed by atoms with Crippen LogP contribution < -0.4 is 10.1 Å². The van der Waals surface area contributed by atoms with Crippen molar-refractivity contribution < 1.29 is 14.5 Å². The van der Waals surface area contributed by atoms with E-state index in [1.807, 2.05) is 6.92 Å². The average molecular weight is 350 g/mol. The maximum Gasteiger partial charge on any atom is 0.406 e. The highest BCUT2D eigenvalue weighted by Gasteiger charge is 2.23. The predicted molar refractivity (Wildman–Crippen MR) is 90.5 cm³/mol. The molecule has 0 fully saturated rings. The van der Waals surface area contributed by atoms with Crippen LogP contribution in [-0.4, -0.2) is 21.9 Å². The maximum absolute atomic E-state index is 12.3. The molecule has 2 rings (SSSR count). The Kier molecular flexibility index (Phi) is 5.35. The van der Waals surface area contributed by atoms with Crippen molar-refractivity contribution in [1.82, 2.24) is 4.98 Å². The zero-order valence-electron chi connectivity index (χ0n) is 13.4. The third-order valence-electron chi connectivity index (χ3n) is 3.28. The van der Waals surface area contributed by atoms with Gasteiger partial charge in [0.05, 0.1) is 0 Å². The Bertz CT molecular complexity index is 795. The van der Waals surface area contributed by atoms with Crippen LogP contribution in [0.1, 0.15) is 18.2 Å². The van der Waals surface area contributed by atoms with Gasteiger partial charge in [0.2, 0.25) is 5.75 Å². The summed E-state index contributed by atoms with van der Waals surface area (Å²) in [7, 11) is 0. The normalized spacial score (nSPS) is 11.7. The Morgan fingerprint density at radius 3 is 2.71 bits per heavy atom. The summed E-state index contributed by atoms with van der Waals surface area (Å²) in [5.41, 5.74) is 1.88. The van der Waals surface area contributed by atoms with Crippen LogP contribution in [-0.2, 0) is 4.79 Å². The van der Waals surface area contributed by atoms with Crippen LogP contribution in [0.2, 0.25) is 5.02 Å². The number of pyridine rings is 1. The van der Waals surface area contributed by atoms with E-state index in [-0.39, 0.29) is 5.75 Å². The van der Waals surface area contributed by atoms with Gasteiger partial charge >= 0.3 is 5.82 Å². The third-order valence-corrected chi connectivity index (χ3v) is 3.52. The molecule has 1 aromatic carbocycles. The Balaban J connectivity index is 2.15. The second-order valence-electron chi connectivity index (χ2n) is 5.24. The maximum atomic E-state index is 12.3. The lowest BCUT2D eigenvalue weighted by Crippen LogP contribution is -2.30. The smallest absolute Gasteiger partial charge is 0.406 e. The molecule has 1 heterocycles. The van der Waals surface area contributed by atoms with Gasteiger partial charge in [-0.15, -0.1) is 0 Å². The molecule has 0 bridgehead atoms. The molecule has 1 N–H and O–H groups in total. The van der Waals surface area contributed by atoms with E-state index >= 15 is 0 Å². The molecule has 0 spiro atoms. The first-order valence-electron chi connectivity index (χ1n) is 7.13. The van der Waals surface area contributed by atoms with Gasteiger partial charge in [-0.1, -0.05) is 17.7 Å². The van der Waals surface area contributed by atoms with Crippen LogP contribution in [0.25, 0.3) is 0 Å². The first-order chi connectivity index (χ1) is 11.3. The van der Waals surface area contributed by atoms with Gasteiger partial charge in [-0.2, -0.15) is 0 Å². The van der Waals surface area contributed by atoms with Gasteiger partial charge in [-0.05, 0) is 53.6 Å². The monoisotopic (exact) mass is 349 g/mol. The summed E-state index contributed by atoms with van der Waals surface area (Å²) in [6.45, 7) is 4.96. The molecule has 1 aromatic heterocycles. The number of rotatable bonds is 5. The summed E-state index contributed by atoms with van der Waals surface area (Å²) in [6, 6.07) is 8.12. The number of halogens is 1. The quantitative estimate of drug-likeness (QED) is 0.656. The zero-order valence-corrected chi connectivity index (χ0v) is 14.1. The number of nitrogens with zero attached hydrogens (tertiary/aromatic N) is 2. The number of aromatic nitrogens is 1. The molecular formula is C16H16ClN3O4. The Hall–Kier alpha value is -2.67. The SMILES string of the molecule is Cc1ccc(O[C@@H](C)C(=O)Nc2cc(Cl)ccc2C)c([N+](=O)[O-])n1. The van der Waals surface area contributed by atoms with Crippen LogP contribution >= 0.6 is 11.6 Å². The van der Waals surface area contributed by atoms with Crippen molar-refractivity contribution in [2.45, 2.75) is 26.9 Å². The lowest BCUT2D eigenvalue weighted by Gasteiger charge is -2.15. The van der Waals surface area contributed by atoms with Gasteiger partial charge in [0.1, 0.15) is 5.69 Å². The van der Waals surface area contributed by atoms with Crippen LogP contribution in [0.15, 0.2) is 30.3 Å². The van der Waals surface area contributed by atoms with E-state index in [0.717, 1.165) is 5.56 Å². The van der Waals surface area contributed by atoms with Crippen LogP contribution in [0.5, 0.6) is 5.75 Å². The number of carbonyl (C=O) groups is 1. The van der Waals surface area contributed by atoms with Crippen molar-refractivity contribution in [3.63, 3.8) is 0 Å². The third kappa shape index (κ3) is 4.20. The van der Waals surface area contributed by atoms with Gasteiger partial charge in [-0.25, -0.2) is 0 Å². The molecule has 1 amide bonds. The number of hydrogen-bond donors (Lipinski definition) is 1. The minimum atomic E-state index is -0.952. The number of aryl methyl sites for hydroxylation is 2. The minimum Gasteiger partial charge on any atom is -0.473 e. The highest BCUT2D eigenvalue weighted by molar-refractivity contribution is 6.31. The molecule has 0 aliphatic heterocycles. The molecule has 0 unspecified atom stereocenters. The molecular weight excluding hydrogens is 334 g/mol. The Labute approximate surface area is 143 Å². The molecule has 0 aliphatic rings. The Morgan fingerprint density at radius 2 is 2.04 bits per heavy atom. The van der Waals surface area contributed by atoms with Gasteiger partial charge in [0, 0.05) is 17.6 Å². The number of nitro groups is 1.